The van der Waals surface area contributed by atoms with Gasteiger partial charge >= 0.3 is 35.5 Å². The molecule has 2 aromatic carbocycles. The minimum absolute atomic E-state index is 0. The molecular weight excluding hydrogens is 413 g/mol. The van der Waals surface area contributed by atoms with E-state index in [0.29, 0.717) is 0 Å². The Morgan fingerprint density at radius 2 is 1.84 bits per heavy atom. The molecule has 0 aromatic heterocycles. The van der Waals surface area contributed by atoms with Crippen molar-refractivity contribution < 1.29 is 19.4 Å². The molecule has 0 bridgehead atoms. The monoisotopic (exact) mass is 445 g/mol. The number of fused-ring (bicyclic) bond motifs is 3. The zero-order chi connectivity index (χ0) is 22.8. The molecule has 0 radical (unpaired) electrons. The van der Waals surface area contributed by atoms with Crippen molar-refractivity contribution in [1.29, 1.82) is 0 Å². The van der Waals surface area contributed by atoms with Crippen LogP contribution in [-0.4, -0.2) is 64.6 Å². The van der Waals surface area contributed by atoms with Crippen molar-refractivity contribution in [3.05, 3.63) is 58.1 Å². The standard InChI is InChI=1S/C26H31NO4.Na.H/c1-24(2)13-16-12-19(30-7)22-18(14-25(3,4)31-22)20(16)21(27-24)15-9-8-10-17(11-15)26(5,6)23(28)29;;/h8-12H,13-14H2,1-7H3,(H,28,29);;. The van der Waals surface area contributed by atoms with Crippen molar-refractivity contribution in [3.63, 3.8) is 0 Å². The summed E-state index contributed by atoms with van der Waals surface area (Å²) in [5.74, 6) is 0.703. The minimum atomic E-state index is -0.990. The van der Waals surface area contributed by atoms with Gasteiger partial charge < -0.3 is 14.6 Å². The number of aliphatic carboxylic acids is 1. The van der Waals surface area contributed by atoms with Crippen molar-refractivity contribution in [2.45, 2.75) is 70.9 Å². The third-order valence-corrected chi connectivity index (χ3v) is 6.29. The van der Waals surface area contributed by atoms with E-state index in [4.69, 9.17) is 14.5 Å². The molecule has 0 aliphatic carbocycles. The van der Waals surface area contributed by atoms with E-state index < -0.39 is 11.4 Å². The molecular formula is C26H32NNaO4. The number of hydrogen-bond donors (Lipinski definition) is 1. The molecule has 2 aromatic rings. The summed E-state index contributed by atoms with van der Waals surface area (Å²) >= 11 is 0. The number of ether oxygens (including phenoxy) is 2. The first-order chi connectivity index (χ1) is 14.3. The third-order valence-electron chi connectivity index (χ3n) is 6.29. The van der Waals surface area contributed by atoms with Gasteiger partial charge in [-0.05, 0) is 71.2 Å². The van der Waals surface area contributed by atoms with Crippen molar-refractivity contribution in [1.82, 2.24) is 0 Å². The molecule has 2 aliphatic rings. The molecule has 4 rings (SSSR count). The van der Waals surface area contributed by atoms with Crippen LogP contribution in [0.4, 0.5) is 0 Å². The summed E-state index contributed by atoms with van der Waals surface area (Å²) in [4.78, 5) is 17.0. The number of carboxylic acids is 1. The second-order valence-corrected chi connectivity index (χ2v) is 10.4. The van der Waals surface area contributed by atoms with E-state index in [1.807, 2.05) is 24.3 Å². The number of aliphatic imine (C=N–C) groups is 1. The molecule has 0 fully saturated rings. The van der Waals surface area contributed by atoms with Gasteiger partial charge in [-0.15, -0.1) is 0 Å². The summed E-state index contributed by atoms with van der Waals surface area (Å²) in [5.41, 5.74) is 4.40. The van der Waals surface area contributed by atoms with Gasteiger partial charge in [0, 0.05) is 23.1 Å². The second kappa shape index (κ2) is 8.19. The van der Waals surface area contributed by atoms with Gasteiger partial charge in [0.1, 0.15) is 5.60 Å². The van der Waals surface area contributed by atoms with Crippen molar-refractivity contribution in [2.75, 3.05) is 7.11 Å². The first-order valence-electron chi connectivity index (χ1n) is 10.7. The SMILES string of the molecule is COc1cc2c(c3c1OC(C)(C)C3)C(c1cccc(C(C)(C)C(=O)O)c1)=NC(C)(C)C2.[NaH]. The van der Waals surface area contributed by atoms with Crippen LogP contribution in [-0.2, 0) is 23.1 Å². The summed E-state index contributed by atoms with van der Waals surface area (Å²) in [6.07, 6.45) is 1.57. The number of carbonyl (C=O) groups is 1. The van der Waals surface area contributed by atoms with Gasteiger partial charge in [0.2, 0.25) is 0 Å². The van der Waals surface area contributed by atoms with Gasteiger partial charge in [-0.25, -0.2) is 0 Å². The van der Waals surface area contributed by atoms with Crippen LogP contribution in [0.25, 0.3) is 0 Å². The van der Waals surface area contributed by atoms with Gasteiger partial charge in [0.05, 0.1) is 23.8 Å². The van der Waals surface area contributed by atoms with Crippen LogP contribution in [0.2, 0.25) is 0 Å². The van der Waals surface area contributed by atoms with Crippen molar-refractivity contribution >= 4 is 41.2 Å². The van der Waals surface area contributed by atoms with Crippen LogP contribution in [0, 0.1) is 0 Å². The second-order valence-electron chi connectivity index (χ2n) is 10.4. The first-order valence-corrected chi connectivity index (χ1v) is 10.7. The summed E-state index contributed by atoms with van der Waals surface area (Å²) < 4.78 is 12.0. The normalized spacial score (nSPS) is 17.9. The number of rotatable bonds is 4. The molecule has 32 heavy (non-hydrogen) atoms. The Hall–Kier alpha value is -1.82. The topological polar surface area (TPSA) is 68.1 Å². The molecule has 0 saturated heterocycles. The molecule has 166 valence electrons. The summed E-state index contributed by atoms with van der Waals surface area (Å²) in [7, 11) is 1.68. The summed E-state index contributed by atoms with van der Waals surface area (Å²) in [6, 6.07) is 9.86. The van der Waals surface area contributed by atoms with Crippen LogP contribution in [0.3, 0.4) is 0 Å². The van der Waals surface area contributed by atoms with Gasteiger partial charge in [0.25, 0.3) is 0 Å². The fourth-order valence-corrected chi connectivity index (χ4v) is 4.61. The number of nitrogens with zero attached hydrogens (tertiary/aromatic N) is 1. The Bertz CT molecular complexity index is 1120. The predicted molar refractivity (Wildman–Crippen MR) is 129 cm³/mol. The van der Waals surface area contributed by atoms with Crippen LogP contribution in [0.1, 0.15) is 69.4 Å². The van der Waals surface area contributed by atoms with Gasteiger partial charge in [-0.1, -0.05) is 18.2 Å². The Morgan fingerprint density at radius 1 is 1.16 bits per heavy atom. The zero-order valence-electron chi connectivity index (χ0n) is 19.4. The average molecular weight is 446 g/mol. The van der Waals surface area contributed by atoms with Gasteiger partial charge in [-0.3, -0.25) is 9.79 Å². The Balaban J connectivity index is 0.00000289. The molecule has 2 aliphatic heterocycles. The summed E-state index contributed by atoms with van der Waals surface area (Å²) in [5, 5.41) is 9.72. The molecule has 6 heteroatoms. The molecule has 0 spiro atoms. The van der Waals surface area contributed by atoms with Gasteiger partial charge in [-0.2, -0.15) is 0 Å². The first kappa shape index (κ1) is 24.8. The fourth-order valence-electron chi connectivity index (χ4n) is 4.61. The van der Waals surface area contributed by atoms with E-state index >= 15 is 0 Å². The molecule has 1 N–H and O–H groups in total. The quantitative estimate of drug-likeness (QED) is 0.713. The number of methoxy groups -OCH3 is 1. The fraction of sp³-hybridized carbons (Fsp3) is 0.462. The average Bonchev–Trinajstić information content (AvgIpc) is 3.00. The van der Waals surface area contributed by atoms with Crippen LogP contribution in [0.15, 0.2) is 35.3 Å². The molecule has 0 amide bonds. The molecule has 2 heterocycles. The molecule has 0 unspecified atom stereocenters. The third kappa shape index (κ3) is 4.23. The Kier molecular flexibility index (Phi) is 6.35. The molecule has 0 atom stereocenters. The molecule has 0 saturated carbocycles. The number of carboxylic acid groups (broad SMARTS) is 1. The van der Waals surface area contributed by atoms with E-state index in [9.17, 15) is 9.90 Å². The number of hydrogen-bond acceptors (Lipinski definition) is 4. The van der Waals surface area contributed by atoms with E-state index in [1.54, 1.807) is 21.0 Å². The van der Waals surface area contributed by atoms with Gasteiger partial charge in [0.15, 0.2) is 11.5 Å². The predicted octanol–water partition coefficient (Wildman–Crippen LogP) is 4.29. The van der Waals surface area contributed by atoms with E-state index in [-0.39, 0.29) is 40.7 Å². The maximum absolute atomic E-state index is 11.8. The molecule has 5 nitrogen and oxygen atoms in total. The van der Waals surface area contributed by atoms with Crippen molar-refractivity contribution in [2.24, 2.45) is 4.99 Å². The number of benzene rings is 2. The van der Waals surface area contributed by atoms with E-state index in [0.717, 1.165) is 52.3 Å². The summed E-state index contributed by atoms with van der Waals surface area (Å²) in [6.45, 7) is 11.9. The Morgan fingerprint density at radius 3 is 2.47 bits per heavy atom. The van der Waals surface area contributed by atoms with Crippen LogP contribution in [0.5, 0.6) is 11.5 Å². The van der Waals surface area contributed by atoms with E-state index in [2.05, 4.69) is 33.8 Å². The van der Waals surface area contributed by atoms with Crippen LogP contribution >= 0.6 is 0 Å². The zero-order valence-corrected chi connectivity index (χ0v) is 19.4. The van der Waals surface area contributed by atoms with Crippen LogP contribution < -0.4 is 9.47 Å². The maximum atomic E-state index is 11.8. The Labute approximate surface area is 212 Å². The van der Waals surface area contributed by atoms with E-state index in [1.165, 1.54) is 5.56 Å². The van der Waals surface area contributed by atoms with Crippen molar-refractivity contribution in [3.8, 4) is 11.5 Å².